The second kappa shape index (κ2) is 8.60. The first-order valence-electron chi connectivity index (χ1n) is 8.22. The standard InChI is InChI=1S/C19H19BrN2O3S/c1-22(10-11-25-14-8-6-13(20)7-9-14)18(23)12-17-19(24)21-15-4-2-3-5-16(15)26-17/h2-9,17H,10-12H2,1H3,(H,21,24). The lowest BCUT2D eigenvalue weighted by Crippen LogP contribution is -2.37. The molecule has 26 heavy (non-hydrogen) atoms. The molecule has 1 aliphatic heterocycles. The largest absolute Gasteiger partial charge is 0.492 e. The molecule has 1 aliphatic rings. The van der Waals surface area contributed by atoms with Gasteiger partial charge in [-0.15, -0.1) is 11.8 Å². The Bertz CT molecular complexity index is 798. The molecule has 0 aliphatic carbocycles. The number of benzene rings is 2. The van der Waals surface area contributed by atoms with Crippen molar-refractivity contribution >= 4 is 45.2 Å². The number of amides is 2. The maximum Gasteiger partial charge on any atom is 0.238 e. The number of halogens is 1. The fourth-order valence-electron chi connectivity index (χ4n) is 2.50. The lowest BCUT2D eigenvalue weighted by molar-refractivity contribution is -0.131. The number of ether oxygens (including phenoxy) is 1. The summed E-state index contributed by atoms with van der Waals surface area (Å²) in [6.07, 6.45) is 0.166. The molecule has 7 heteroatoms. The number of rotatable bonds is 6. The van der Waals surface area contributed by atoms with E-state index in [0.717, 1.165) is 20.8 Å². The lowest BCUT2D eigenvalue weighted by atomic mass is 10.2. The number of fused-ring (bicyclic) bond motifs is 1. The summed E-state index contributed by atoms with van der Waals surface area (Å²) in [4.78, 5) is 27.2. The third-order valence-corrected chi connectivity index (χ3v) is 5.81. The quantitative estimate of drug-likeness (QED) is 0.750. The van der Waals surface area contributed by atoms with Crippen molar-refractivity contribution < 1.29 is 14.3 Å². The summed E-state index contributed by atoms with van der Waals surface area (Å²) < 4.78 is 6.63. The first-order valence-corrected chi connectivity index (χ1v) is 9.89. The molecule has 0 saturated heterocycles. The van der Waals surface area contributed by atoms with Gasteiger partial charge in [0.2, 0.25) is 11.8 Å². The van der Waals surface area contributed by atoms with E-state index in [1.54, 1.807) is 11.9 Å². The van der Waals surface area contributed by atoms with Gasteiger partial charge in [-0.05, 0) is 36.4 Å². The molecular formula is C19H19BrN2O3S. The van der Waals surface area contributed by atoms with Gasteiger partial charge in [0.05, 0.1) is 17.5 Å². The van der Waals surface area contributed by atoms with Crippen molar-refractivity contribution in [2.24, 2.45) is 0 Å². The second-order valence-electron chi connectivity index (χ2n) is 5.91. The molecule has 2 amide bonds. The number of likely N-dealkylation sites (N-methyl/N-ethyl adjacent to an activating group) is 1. The smallest absolute Gasteiger partial charge is 0.238 e. The van der Waals surface area contributed by atoms with Gasteiger partial charge in [0.25, 0.3) is 0 Å². The van der Waals surface area contributed by atoms with E-state index in [2.05, 4.69) is 21.2 Å². The maximum absolute atomic E-state index is 12.4. The van der Waals surface area contributed by atoms with Crippen molar-refractivity contribution in [3.8, 4) is 5.75 Å². The van der Waals surface area contributed by atoms with Crippen LogP contribution in [0.15, 0.2) is 57.9 Å². The summed E-state index contributed by atoms with van der Waals surface area (Å²) in [7, 11) is 1.73. The van der Waals surface area contributed by atoms with Crippen LogP contribution in [0.2, 0.25) is 0 Å². The van der Waals surface area contributed by atoms with Crippen LogP contribution in [0.3, 0.4) is 0 Å². The summed E-state index contributed by atoms with van der Waals surface area (Å²) in [5.74, 6) is 0.561. The Kier molecular flexibility index (Phi) is 6.21. The average Bonchev–Trinajstić information content (AvgIpc) is 2.63. The van der Waals surface area contributed by atoms with E-state index in [4.69, 9.17) is 4.74 Å². The number of nitrogens with one attached hydrogen (secondary N) is 1. The molecule has 1 unspecified atom stereocenters. The van der Waals surface area contributed by atoms with Gasteiger partial charge in [-0.1, -0.05) is 28.1 Å². The van der Waals surface area contributed by atoms with Crippen LogP contribution in [-0.4, -0.2) is 42.2 Å². The van der Waals surface area contributed by atoms with Crippen LogP contribution in [0, 0.1) is 0 Å². The van der Waals surface area contributed by atoms with E-state index in [1.165, 1.54) is 11.8 Å². The molecule has 1 N–H and O–H groups in total. The summed E-state index contributed by atoms with van der Waals surface area (Å²) in [5, 5.41) is 2.45. The Balaban J connectivity index is 1.48. The SMILES string of the molecule is CN(CCOc1ccc(Br)cc1)C(=O)CC1Sc2ccccc2NC1=O. The van der Waals surface area contributed by atoms with E-state index in [-0.39, 0.29) is 18.2 Å². The zero-order chi connectivity index (χ0) is 18.5. The highest BCUT2D eigenvalue weighted by molar-refractivity contribution is 9.10. The predicted octanol–water partition coefficient (Wildman–Crippen LogP) is 3.79. The molecule has 0 aromatic heterocycles. The molecule has 0 fully saturated rings. The van der Waals surface area contributed by atoms with Crippen LogP contribution in [-0.2, 0) is 9.59 Å². The van der Waals surface area contributed by atoms with Gasteiger partial charge in [-0.25, -0.2) is 0 Å². The highest BCUT2D eigenvalue weighted by atomic mass is 79.9. The fourth-order valence-corrected chi connectivity index (χ4v) is 3.86. The number of hydrogen-bond donors (Lipinski definition) is 1. The molecule has 0 spiro atoms. The molecule has 2 aromatic carbocycles. The third-order valence-electron chi connectivity index (χ3n) is 4.00. The molecule has 1 heterocycles. The Morgan fingerprint density at radius 2 is 1.96 bits per heavy atom. The number of carbonyl (C=O) groups excluding carboxylic acids is 2. The normalized spacial score (nSPS) is 15.8. The van der Waals surface area contributed by atoms with Gasteiger partial charge in [0, 0.05) is 22.8 Å². The molecule has 0 saturated carbocycles. The van der Waals surface area contributed by atoms with Crippen LogP contribution in [0.1, 0.15) is 6.42 Å². The fraction of sp³-hybridized carbons (Fsp3) is 0.263. The van der Waals surface area contributed by atoms with Crippen molar-refractivity contribution in [3.05, 3.63) is 53.0 Å². The third kappa shape index (κ3) is 4.80. The second-order valence-corrected chi connectivity index (χ2v) is 8.07. The molecule has 5 nitrogen and oxygen atoms in total. The van der Waals surface area contributed by atoms with Crippen molar-refractivity contribution in [3.63, 3.8) is 0 Å². The van der Waals surface area contributed by atoms with E-state index < -0.39 is 5.25 Å². The number of thioether (sulfide) groups is 1. The monoisotopic (exact) mass is 434 g/mol. The van der Waals surface area contributed by atoms with Gasteiger partial charge in [-0.3, -0.25) is 9.59 Å². The first kappa shape index (κ1) is 18.8. The molecule has 3 rings (SSSR count). The summed E-state index contributed by atoms with van der Waals surface area (Å²) in [6.45, 7) is 0.862. The Hall–Kier alpha value is -1.99. The van der Waals surface area contributed by atoms with Gasteiger partial charge in [0.15, 0.2) is 0 Å². The number of nitrogens with zero attached hydrogens (tertiary/aromatic N) is 1. The minimum Gasteiger partial charge on any atom is -0.492 e. The average molecular weight is 435 g/mol. The van der Waals surface area contributed by atoms with E-state index in [1.807, 2.05) is 48.5 Å². The minimum absolute atomic E-state index is 0.0727. The molecule has 0 bridgehead atoms. The highest BCUT2D eigenvalue weighted by Gasteiger charge is 2.29. The van der Waals surface area contributed by atoms with Crippen molar-refractivity contribution in [1.82, 2.24) is 4.90 Å². The number of hydrogen-bond acceptors (Lipinski definition) is 4. The van der Waals surface area contributed by atoms with Gasteiger partial charge < -0.3 is 15.0 Å². The first-order chi connectivity index (χ1) is 12.5. The summed E-state index contributed by atoms with van der Waals surface area (Å²) >= 11 is 4.81. The number of carbonyl (C=O) groups is 2. The van der Waals surface area contributed by atoms with Crippen molar-refractivity contribution in [2.45, 2.75) is 16.6 Å². The topological polar surface area (TPSA) is 58.6 Å². The number of para-hydroxylation sites is 1. The molecule has 2 aromatic rings. The summed E-state index contributed by atoms with van der Waals surface area (Å²) in [5.41, 5.74) is 0.808. The van der Waals surface area contributed by atoms with Crippen LogP contribution in [0.4, 0.5) is 5.69 Å². The zero-order valence-electron chi connectivity index (χ0n) is 14.3. The van der Waals surface area contributed by atoms with Crippen LogP contribution in [0.5, 0.6) is 5.75 Å². The highest BCUT2D eigenvalue weighted by Crippen LogP contribution is 2.36. The minimum atomic E-state index is -0.410. The molecular weight excluding hydrogens is 416 g/mol. The zero-order valence-corrected chi connectivity index (χ0v) is 16.7. The van der Waals surface area contributed by atoms with Crippen molar-refractivity contribution in [1.29, 1.82) is 0 Å². The summed E-state index contributed by atoms with van der Waals surface area (Å²) in [6, 6.07) is 15.2. The molecule has 136 valence electrons. The van der Waals surface area contributed by atoms with Gasteiger partial charge >= 0.3 is 0 Å². The van der Waals surface area contributed by atoms with Gasteiger partial charge in [0.1, 0.15) is 12.4 Å². The van der Waals surface area contributed by atoms with Crippen LogP contribution < -0.4 is 10.1 Å². The predicted molar refractivity (Wildman–Crippen MR) is 107 cm³/mol. The molecule has 1 atom stereocenters. The lowest BCUT2D eigenvalue weighted by Gasteiger charge is -2.25. The van der Waals surface area contributed by atoms with E-state index >= 15 is 0 Å². The Morgan fingerprint density at radius 3 is 2.73 bits per heavy atom. The maximum atomic E-state index is 12.4. The Labute approximate surface area is 165 Å². The number of anilines is 1. The van der Waals surface area contributed by atoms with Crippen LogP contribution in [0.25, 0.3) is 0 Å². The van der Waals surface area contributed by atoms with Crippen molar-refractivity contribution in [2.75, 3.05) is 25.5 Å². The van der Waals surface area contributed by atoms with Crippen LogP contribution >= 0.6 is 27.7 Å². The van der Waals surface area contributed by atoms with E-state index in [0.29, 0.717) is 13.2 Å². The van der Waals surface area contributed by atoms with Gasteiger partial charge in [-0.2, -0.15) is 0 Å². The molecule has 0 radical (unpaired) electrons. The Morgan fingerprint density at radius 1 is 1.23 bits per heavy atom. The van der Waals surface area contributed by atoms with E-state index in [9.17, 15) is 9.59 Å².